The number of unbranched alkanes of at least 4 members (excludes halogenated alkanes) is 5. The average molecular weight is 303 g/mol. The maximum absolute atomic E-state index is 13.1. The van der Waals surface area contributed by atoms with Crippen molar-refractivity contribution in [2.75, 3.05) is 10.5 Å². The summed E-state index contributed by atoms with van der Waals surface area (Å²) in [6.07, 6.45) is 5.88. The lowest BCUT2D eigenvalue weighted by molar-refractivity contribution is 0.435. The Morgan fingerprint density at radius 2 is 1.80 bits per heavy atom. The molecule has 114 valence electrons. The van der Waals surface area contributed by atoms with Crippen LogP contribution >= 0.6 is 0 Å². The van der Waals surface area contributed by atoms with E-state index in [0.29, 0.717) is 6.42 Å². The molecule has 2 N–H and O–H groups in total. The molecule has 0 fully saturated rings. The molecule has 1 aromatic rings. The SMILES string of the molecule is CCCCCCCCS(=O)(=O)Nc1cccc(F)c1O. The van der Waals surface area contributed by atoms with E-state index in [4.69, 9.17) is 0 Å². The van der Waals surface area contributed by atoms with Crippen molar-refractivity contribution < 1.29 is 17.9 Å². The van der Waals surface area contributed by atoms with Crippen LogP contribution in [0.2, 0.25) is 0 Å². The van der Waals surface area contributed by atoms with E-state index < -0.39 is 21.6 Å². The maximum atomic E-state index is 13.1. The van der Waals surface area contributed by atoms with Crippen molar-refractivity contribution in [3.63, 3.8) is 0 Å². The number of phenolic OH excluding ortho intramolecular Hbond substituents is 1. The van der Waals surface area contributed by atoms with Crippen molar-refractivity contribution in [3.8, 4) is 5.75 Å². The van der Waals surface area contributed by atoms with Crippen LogP contribution in [-0.2, 0) is 10.0 Å². The smallest absolute Gasteiger partial charge is 0.232 e. The van der Waals surface area contributed by atoms with Gasteiger partial charge in [-0.05, 0) is 18.6 Å². The van der Waals surface area contributed by atoms with Gasteiger partial charge in [-0.2, -0.15) is 0 Å². The van der Waals surface area contributed by atoms with Gasteiger partial charge in [0.15, 0.2) is 11.6 Å². The van der Waals surface area contributed by atoms with Crippen LogP contribution in [0.4, 0.5) is 10.1 Å². The minimum atomic E-state index is -3.54. The highest BCUT2D eigenvalue weighted by Gasteiger charge is 2.14. The first kappa shape index (κ1) is 16.8. The number of rotatable bonds is 9. The minimum absolute atomic E-state index is 0.0188. The second-order valence-electron chi connectivity index (χ2n) is 4.82. The summed E-state index contributed by atoms with van der Waals surface area (Å²) in [7, 11) is -3.54. The molecular weight excluding hydrogens is 281 g/mol. The monoisotopic (exact) mass is 303 g/mol. The van der Waals surface area contributed by atoms with Gasteiger partial charge in [0.1, 0.15) is 0 Å². The zero-order valence-electron chi connectivity index (χ0n) is 11.7. The summed E-state index contributed by atoms with van der Waals surface area (Å²) in [6.45, 7) is 2.12. The number of nitrogens with one attached hydrogen (secondary N) is 1. The molecule has 0 aliphatic carbocycles. The summed E-state index contributed by atoms with van der Waals surface area (Å²) < 4.78 is 38.9. The van der Waals surface area contributed by atoms with Gasteiger partial charge in [0, 0.05) is 0 Å². The topological polar surface area (TPSA) is 66.4 Å². The van der Waals surface area contributed by atoms with Crippen molar-refractivity contribution in [1.29, 1.82) is 0 Å². The number of hydrogen-bond acceptors (Lipinski definition) is 3. The van der Waals surface area contributed by atoms with Gasteiger partial charge < -0.3 is 5.11 Å². The van der Waals surface area contributed by atoms with Crippen LogP contribution < -0.4 is 4.72 Å². The Morgan fingerprint density at radius 1 is 1.15 bits per heavy atom. The fourth-order valence-electron chi connectivity index (χ4n) is 1.89. The lowest BCUT2D eigenvalue weighted by atomic mass is 10.1. The Hall–Kier alpha value is -1.30. The van der Waals surface area contributed by atoms with Gasteiger partial charge in [-0.15, -0.1) is 0 Å². The molecule has 0 atom stereocenters. The molecule has 20 heavy (non-hydrogen) atoms. The molecule has 0 amide bonds. The van der Waals surface area contributed by atoms with Gasteiger partial charge in [-0.3, -0.25) is 4.72 Å². The number of hydrogen-bond donors (Lipinski definition) is 2. The van der Waals surface area contributed by atoms with Crippen LogP contribution in [-0.4, -0.2) is 19.3 Å². The van der Waals surface area contributed by atoms with Crippen LogP contribution in [0, 0.1) is 5.82 Å². The molecule has 0 aliphatic rings. The number of phenols is 1. The molecule has 0 saturated carbocycles. The van der Waals surface area contributed by atoms with E-state index in [9.17, 15) is 17.9 Å². The Morgan fingerprint density at radius 3 is 2.50 bits per heavy atom. The molecular formula is C14H22FNO3S. The molecule has 0 bridgehead atoms. The fraction of sp³-hybridized carbons (Fsp3) is 0.571. The normalized spacial score (nSPS) is 11.5. The van der Waals surface area contributed by atoms with Gasteiger partial charge in [0.05, 0.1) is 11.4 Å². The van der Waals surface area contributed by atoms with Crippen LogP contribution in [0.5, 0.6) is 5.75 Å². The van der Waals surface area contributed by atoms with E-state index in [0.717, 1.165) is 31.7 Å². The van der Waals surface area contributed by atoms with E-state index in [2.05, 4.69) is 11.6 Å². The van der Waals surface area contributed by atoms with Crippen molar-refractivity contribution in [1.82, 2.24) is 0 Å². The average Bonchev–Trinajstić information content (AvgIpc) is 2.39. The third-order valence-electron chi connectivity index (χ3n) is 3.02. The molecule has 4 nitrogen and oxygen atoms in total. The molecule has 6 heteroatoms. The number of anilines is 1. The Labute approximate surface area is 120 Å². The third kappa shape index (κ3) is 5.77. The summed E-state index contributed by atoms with van der Waals surface area (Å²) in [5.74, 6) is -1.53. The predicted molar refractivity (Wildman–Crippen MR) is 78.9 cm³/mol. The molecule has 0 aromatic heterocycles. The van der Waals surface area contributed by atoms with Crippen molar-refractivity contribution in [2.45, 2.75) is 45.4 Å². The largest absolute Gasteiger partial charge is 0.503 e. The summed E-state index contributed by atoms with van der Waals surface area (Å²) in [6, 6.07) is 3.75. The number of aromatic hydroxyl groups is 1. The Bertz CT molecular complexity index is 517. The van der Waals surface area contributed by atoms with Crippen molar-refractivity contribution >= 4 is 15.7 Å². The summed E-state index contributed by atoms with van der Waals surface area (Å²) >= 11 is 0. The van der Waals surface area contributed by atoms with Crippen molar-refractivity contribution in [2.24, 2.45) is 0 Å². The number of benzene rings is 1. The molecule has 0 radical (unpaired) electrons. The molecule has 0 heterocycles. The molecule has 0 unspecified atom stereocenters. The van der Waals surface area contributed by atoms with Crippen LogP contribution in [0.15, 0.2) is 18.2 Å². The Balaban J connectivity index is 2.43. The molecule has 1 rings (SSSR count). The highest BCUT2D eigenvalue weighted by molar-refractivity contribution is 7.92. The van der Waals surface area contributed by atoms with Gasteiger partial charge in [0.2, 0.25) is 10.0 Å². The van der Waals surface area contributed by atoms with E-state index in [-0.39, 0.29) is 11.4 Å². The molecule has 0 saturated heterocycles. The second kappa shape index (κ2) is 8.09. The Kier molecular flexibility index (Phi) is 6.78. The standard InChI is InChI=1S/C14H22FNO3S/c1-2-3-4-5-6-7-11-20(18,19)16-13-10-8-9-12(15)14(13)17/h8-10,16-17H,2-7,11H2,1H3. The first-order valence-electron chi connectivity index (χ1n) is 6.94. The van der Waals surface area contributed by atoms with Crippen LogP contribution in [0.1, 0.15) is 45.4 Å². The van der Waals surface area contributed by atoms with Crippen molar-refractivity contribution in [3.05, 3.63) is 24.0 Å². The first-order valence-corrected chi connectivity index (χ1v) is 8.59. The second-order valence-corrected chi connectivity index (χ2v) is 6.67. The fourth-order valence-corrected chi connectivity index (χ4v) is 3.07. The summed E-state index contributed by atoms with van der Waals surface area (Å²) in [5, 5.41) is 9.43. The number of halogens is 1. The van der Waals surface area contributed by atoms with Gasteiger partial charge >= 0.3 is 0 Å². The third-order valence-corrected chi connectivity index (χ3v) is 4.38. The predicted octanol–water partition coefficient (Wildman–Crippen LogP) is 3.63. The highest BCUT2D eigenvalue weighted by atomic mass is 32.2. The quantitative estimate of drug-likeness (QED) is 0.541. The zero-order chi connectivity index (χ0) is 15.0. The first-order chi connectivity index (χ1) is 9.46. The lowest BCUT2D eigenvalue weighted by Gasteiger charge is -2.09. The van der Waals surface area contributed by atoms with E-state index in [1.165, 1.54) is 18.6 Å². The summed E-state index contributed by atoms with van der Waals surface area (Å²) in [5.41, 5.74) is -0.115. The summed E-state index contributed by atoms with van der Waals surface area (Å²) in [4.78, 5) is 0. The van der Waals surface area contributed by atoms with Crippen LogP contribution in [0.25, 0.3) is 0 Å². The van der Waals surface area contributed by atoms with Gasteiger partial charge in [0.25, 0.3) is 0 Å². The molecule has 0 spiro atoms. The number of sulfonamides is 1. The lowest BCUT2D eigenvalue weighted by Crippen LogP contribution is -2.16. The number of para-hydroxylation sites is 1. The molecule has 1 aromatic carbocycles. The van der Waals surface area contributed by atoms with Gasteiger partial charge in [-0.25, -0.2) is 12.8 Å². The minimum Gasteiger partial charge on any atom is -0.503 e. The van der Waals surface area contributed by atoms with E-state index in [1.807, 2.05) is 0 Å². The molecule has 0 aliphatic heterocycles. The highest BCUT2D eigenvalue weighted by Crippen LogP contribution is 2.26. The van der Waals surface area contributed by atoms with Crippen LogP contribution in [0.3, 0.4) is 0 Å². The van der Waals surface area contributed by atoms with E-state index in [1.54, 1.807) is 0 Å². The van der Waals surface area contributed by atoms with E-state index >= 15 is 0 Å². The maximum Gasteiger partial charge on any atom is 0.232 e. The van der Waals surface area contributed by atoms with Gasteiger partial charge in [-0.1, -0.05) is 45.1 Å². The zero-order valence-corrected chi connectivity index (χ0v) is 12.5.